The van der Waals surface area contributed by atoms with Crippen LogP contribution < -0.4 is 5.32 Å². The van der Waals surface area contributed by atoms with Gasteiger partial charge in [-0.15, -0.1) is 0 Å². The van der Waals surface area contributed by atoms with Gasteiger partial charge in [0.1, 0.15) is 0 Å². The van der Waals surface area contributed by atoms with Crippen molar-refractivity contribution in [3.8, 4) is 0 Å². The number of nitrogens with one attached hydrogen (secondary N) is 2. The number of allylic oxidation sites excluding steroid dienone is 6. The molecule has 0 saturated carbocycles. The Kier molecular flexibility index (Phi) is 4.73. The molecule has 1 aliphatic rings. The lowest BCUT2D eigenvalue weighted by atomic mass is 10.0. The minimum absolute atomic E-state index is 0.523. The van der Waals surface area contributed by atoms with Crippen LogP contribution in [0.3, 0.4) is 0 Å². The Morgan fingerprint density at radius 1 is 1.44 bits per heavy atom. The molecule has 0 amide bonds. The fourth-order valence-corrected chi connectivity index (χ4v) is 1.41. The maximum absolute atomic E-state index is 7.81. The highest BCUT2D eigenvalue weighted by Gasteiger charge is 2.06. The first kappa shape index (κ1) is 12.5. The van der Waals surface area contributed by atoms with Gasteiger partial charge in [-0.05, 0) is 26.2 Å². The van der Waals surface area contributed by atoms with E-state index in [2.05, 4.69) is 16.8 Å². The van der Waals surface area contributed by atoms with Crippen LogP contribution in [-0.2, 0) is 0 Å². The van der Waals surface area contributed by atoms with Gasteiger partial charge in [-0.2, -0.15) is 0 Å². The Morgan fingerprint density at radius 2 is 2.12 bits per heavy atom. The van der Waals surface area contributed by atoms with Gasteiger partial charge in [0.25, 0.3) is 0 Å². The van der Waals surface area contributed by atoms with Crippen LogP contribution in [0.4, 0.5) is 0 Å². The second-order valence-electron chi connectivity index (χ2n) is 3.89. The van der Waals surface area contributed by atoms with E-state index in [0.29, 0.717) is 5.71 Å². The number of nitrogens with zero attached hydrogens (tertiary/aromatic N) is 1. The highest BCUT2D eigenvalue weighted by atomic mass is 15.1. The average molecular weight is 217 g/mol. The maximum atomic E-state index is 7.81. The topological polar surface area (TPSA) is 39.1 Å². The van der Waals surface area contributed by atoms with E-state index in [9.17, 15) is 0 Å². The van der Waals surface area contributed by atoms with E-state index in [1.165, 1.54) is 0 Å². The van der Waals surface area contributed by atoms with Gasteiger partial charge in [-0.1, -0.05) is 24.8 Å². The van der Waals surface area contributed by atoms with Gasteiger partial charge in [0.05, 0.1) is 5.71 Å². The maximum Gasteiger partial charge on any atom is 0.0632 e. The molecule has 0 aromatic carbocycles. The van der Waals surface area contributed by atoms with Gasteiger partial charge in [-0.3, -0.25) is 0 Å². The monoisotopic (exact) mass is 217 g/mol. The Hall–Kier alpha value is -1.61. The molecule has 0 saturated heterocycles. The zero-order chi connectivity index (χ0) is 12.0. The van der Waals surface area contributed by atoms with Gasteiger partial charge in [0, 0.05) is 24.4 Å². The molecule has 16 heavy (non-hydrogen) atoms. The largest absolute Gasteiger partial charge is 0.383 e. The predicted molar refractivity (Wildman–Crippen MR) is 69.8 cm³/mol. The lowest BCUT2D eigenvalue weighted by Crippen LogP contribution is -2.27. The van der Waals surface area contributed by atoms with Crippen LogP contribution in [0.15, 0.2) is 48.2 Å². The summed E-state index contributed by atoms with van der Waals surface area (Å²) in [5, 5.41) is 11.1. The van der Waals surface area contributed by atoms with Crippen molar-refractivity contribution in [2.75, 3.05) is 27.2 Å². The van der Waals surface area contributed by atoms with Crippen LogP contribution in [0.1, 0.15) is 0 Å². The molecule has 1 aliphatic carbocycles. The number of rotatable bonds is 5. The van der Waals surface area contributed by atoms with Gasteiger partial charge in [0.15, 0.2) is 0 Å². The van der Waals surface area contributed by atoms with Gasteiger partial charge < -0.3 is 15.6 Å². The third-order valence-corrected chi connectivity index (χ3v) is 2.30. The number of hydrogen-bond acceptors (Lipinski definition) is 3. The van der Waals surface area contributed by atoms with Crippen molar-refractivity contribution in [3.63, 3.8) is 0 Å². The Balaban J connectivity index is 2.69. The lowest BCUT2D eigenvalue weighted by molar-refractivity contribution is 0.408. The predicted octanol–water partition coefficient (Wildman–Crippen LogP) is 1.72. The average Bonchev–Trinajstić information content (AvgIpc) is 2.25. The smallest absolute Gasteiger partial charge is 0.0632 e. The van der Waals surface area contributed by atoms with E-state index < -0.39 is 0 Å². The van der Waals surface area contributed by atoms with E-state index in [0.717, 1.165) is 24.4 Å². The third kappa shape index (κ3) is 3.51. The van der Waals surface area contributed by atoms with E-state index in [1.807, 2.05) is 32.3 Å². The van der Waals surface area contributed by atoms with E-state index >= 15 is 0 Å². The molecular weight excluding hydrogens is 198 g/mol. The zero-order valence-corrected chi connectivity index (χ0v) is 9.96. The molecule has 0 aliphatic heterocycles. The highest BCUT2D eigenvalue weighted by Crippen LogP contribution is 2.11. The number of likely N-dealkylation sites (N-methyl/N-ethyl adjacent to an activating group) is 1. The number of hydrogen-bond donors (Lipinski definition) is 2. The van der Waals surface area contributed by atoms with Crippen LogP contribution in [0.25, 0.3) is 0 Å². The summed E-state index contributed by atoms with van der Waals surface area (Å²) in [5.41, 5.74) is 2.35. The normalized spacial score (nSPS) is 17.8. The summed E-state index contributed by atoms with van der Waals surface area (Å²) in [4.78, 5) is 2.11. The zero-order valence-electron chi connectivity index (χ0n) is 9.96. The molecule has 2 N–H and O–H groups in total. The standard InChI is InChI=1S/C13H19N3/c1-4-13(15-9-10-16(2)3)11-7-5-6-8-12(11)14/h4-8,14-15H,1,9-10H2,2-3H3/b13-11-,14-12?. The summed E-state index contributed by atoms with van der Waals surface area (Å²) in [6.07, 6.45) is 9.29. The fraction of sp³-hybridized carbons (Fsp3) is 0.308. The Morgan fingerprint density at radius 3 is 2.69 bits per heavy atom. The summed E-state index contributed by atoms with van der Waals surface area (Å²) in [7, 11) is 4.07. The third-order valence-electron chi connectivity index (χ3n) is 2.30. The lowest BCUT2D eigenvalue weighted by Gasteiger charge is -2.15. The molecule has 1 rings (SSSR count). The van der Waals surface area contributed by atoms with Crippen LogP contribution in [-0.4, -0.2) is 37.8 Å². The van der Waals surface area contributed by atoms with Gasteiger partial charge in [0.2, 0.25) is 0 Å². The first-order valence-corrected chi connectivity index (χ1v) is 5.34. The Bertz CT molecular complexity index is 359. The van der Waals surface area contributed by atoms with Crippen molar-refractivity contribution in [2.24, 2.45) is 0 Å². The van der Waals surface area contributed by atoms with Crippen LogP contribution in [0.5, 0.6) is 0 Å². The SMILES string of the molecule is C=C/C(NCCN(C)C)=C1\C=CC=CC1=N. The molecule has 0 aromatic rings. The molecule has 86 valence electrons. The first-order valence-electron chi connectivity index (χ1n) is 5.34. The summed E-state index contributed by atoms with van der Waals surface area (Å²) >= 11 is 0. The molecule has 0 fully saturated rings. The van der Waals surface area contributed by atoms with Crippen molar-refractivity contribution in [2.45, 2.75) is 0 Å². The van der Waals surface area contributed by atoms with Crippen LogP contribution in [0, 0.1) is 5.41 Å². The fourth-order valence-electron chi connectivity index (χ4n) is 1.41. The summed E-state index contributed by atoms with van der Waals surface area (Å²) in [6, 6.07) is 0. The van der Waals surface area contributed by atoms with Crippen molar-refractivity contribution in [1.82, 2.24) is 10.2 Å². The molecule has 0 aromatic heterocycles. The van der Waals surface area contributed by atoms with E-state index in [-0.39, 0.29) is 0 Å². The molecule has 0 atom stereocenters. The quantitative estimate of drug-likeness (QED) is 0.736. The van der Waals surface area contributed by atoms with Gasteiger partial charge >= 0.3 is 0 Å². The summed E-state index contributed by atoms with van der Waals surface area (Å²) in [6.45, 7) is 5.59. The Labute approximate surface area is 97.3 Å². The van der Waals surface area contributed by atoms with Crippen LogP contribution >= 0.6 is 0 Å². The molecule has 0 spiro atoms. The van der Waals surface area contributed by atoms with Crippen LogP contribution in [0.2, 0.25) is 0 Å². The summed E-state index contributed by atoms with van der Waals surface area (Å²) in [5.74, 6) is 0. The molecular formula is C13H19N3. The molecule has 0 bridgehead atoms. The molecule has 0 unspecified atom stereocenters. The van der Waals surface area contributed by atoms with Gasteiger partial charge in [-0.25, -0.2) is 0 Å². The van der Waals surface area contributed by atoms with Crippen molar-refractivity contribution in [1.29, 1.82) is 5.41 Å². The molecule has 0 radical (unpaired) electrons. The molecule has 3 nitrogen and oxygen atoms in total. The minimum atomic E-state index is 0.523. The molecule has 0 heterocycles. The second kappa shape index (κ2) is 6.08. The second-order valence-corrected chi connectivity index (χ2v) is 3.89. The summed E-state index contributed by atoms with van der Waals surface area (Å²) < 4.78 is 0. The van der Waals surface area contributed by atoms with Crippen molar-refractivity contribution >= 4 is 5.71 Å². The van der Waals surface area contributed by atoms with E-state index in [4.69, 9.17) is 5.41 Å². The van der Waals surface area contributed by atoms with Crippen molar-refractivity contribution < 1.29 is 0 Å². The van der Waals surface area contributed by atoms with E-state index in [1.54, 1.807) is 12.2 Å². The first-order chi connectivity index (χ1) is 7.65. The highest BCUT2D eigenvalue weighted by molar-refractivity contribution is 6.10. The molecule has 3 heteroatoms. The minimum Gasteiger partial charge on any atom is -0.383 e. The van der Waals surface area contributed by atoms with Crippen molar-refractivity contribution in [3.05, 3.63) is 48.2 Å².